The molecule has 0 fully saturated rings. The lowest BCUT2D eigenvalue weighted by atomic mass is 10.1. The van der Waals surface area contributed by atoms with Crippen molar-refractivity contribution in [3.8, 4) is 0 Å². The predicted octanol–water partition coefficient (Wildman–Crippen LogP) is 6.64. The van der Waals surface area contributed by atoms with E-state index in [1.807, 2.05) is 36.4 Å². The van der Waals surface area contributed by atoms with Crippen LogP contribution in [0.3, 0.4) is 0 Å². The molecule has 6 heteroatoms. The molecule has 0 spiro atoms. The van der Waals surface area contributed by atoms with Crippen molar-refractivity contribution < 1.29 is 14.3 Å². The summed E-state index contributed by atoms with van der Waals surface area (Å²) in [6, 6.07) is 21.7. The monoisotopic (exact) mass is 463 g/mol. The molecular formula is C26H19Cl2NO3. The molecule has 0 saturated carbocycles. The van der Waals surface area contributed by atoms with Crippen LogP contribution in [0.25, 0.3) is 11.8 Å². The number of rotatable bonds is 5. The summed E-state index contributed by atoms with van der Waals surface area (Å²) in [7, 11) is 0. The van der Waals surface area contributed by atoms with E-state index in [-0.39, 0.29) is 11.9 Å². The second-order valence-corrected chi connectivity index (χ2v) is 7.84. The molecule has 3 aromatic rings. The van der Waals surface area contributed by atoms with Crippen LogP contribution in [0.15, 0.2) is 84.4 Å². The Morgan fingerprint density at radius 3 is 2.38 bits per heavy atom. The van der Waals surface area contributed by atoms with E-state index in [2.05, 4.69) is 0 Å². The van der Waals surface area contributed by atoms with Gasteiger partial charge in [-0.2, -0.15) is 0 Å². The number of hydrogen-bond acceptors (Lipinski definition) is 3. The number of anilines is 1. The van der Waals surface area contributed by atoms with Crippen molar-refractivity contribution in [3.63, 3.8) is 0 Å². The highest BCUT2D eigenvalue weighted by Crippen LogP contribution is 2.41. The summed E-state index contributed by atoms with van der Waals surface area (Å²) < 4.78 is 5.02. The van der Waals surface area contributed by atoms with Crippen LogP contribution < -0.4 is 4.90 Å². The first-order valence-corrected chi connectivity index (χ1v) is 10.8. The summed E-state index contributed by atoms with van der Waals surface area (Å²) in [6.07, 6.45) is 3.60. The molecule has 0 unspecified atom stereocenters. The molecule has 0 aromatic heterocycles. The molecule has 0 aliphatic carbocycles. The largest absolute Gasteiger partial charge is 0.462 e. The zero-order chi connectivity index (χ0) is 22.7. The molecular weight excluding hydrogens is 445 g/mol. The summed E-state index contributed by atoms with van der Waals surface area (Å²) in [5.74, 6) is -0.598. The average molecular weight is 464 g/mol. The number of nitrogens with zero attached hydrogens (tertiary/aromatic N) is 1. The fourth-order valence-corrected chi connectivity index (χ4v) is 3.83. The molecule has 1 heterocycles. The molecule has 0 saturated heterocycles. The second-order valence-electron chi connectivity index (χ2n) is 7.05. The molecule has 32 heavy (non-hydrogen) atoms. The number of hydrogen-bond donors (Lipinski definition) is 0. The van der Waals surface area contributed by atoms with Gasteiger partial charge in [-0.15, -0.1) is 0 Å². The zero-order valence-electron chi connectivity index (χ0n) is 17.2. The third-order valence-corrected chi connectivity index (χ3v) is 5.78. The number of ether oxygens (including phenoxy) is 1. The van der Waals surface area contributed by atoms with E-state index < -0.39 is 0 Å². The van der Waals surface area contributed by atoms with E-state index in [0.717, 1.165) is 11.1 Å². The fraction of sp³-hybridized carbons (Fsp3) is 0.0769. The van der Waals surface area contributed by atoms with Crippen molar-refractivity contribution in [3.05, 3.63) is 111 Å². The van der Waals surface area contributed by atoms with Gasteiger partial charge in [0.05, 0.1) is 33.6 Å². The van der Waals surface area contributed by atoms with Gasteiger partial charge < -0.3 is 4.74 Å². The number of esters is 1. The molecule has 3 aromatic carbocycles. The topological polar surface area (TPSA) is 46.6 Å². The van der Waals surface area contributed by atoms with Crippen LogP contribution in [-0.4, -0.2) is 18.5 Å². The number of halogens is 2. The van der Waals surface area contributed by atoms with Crippen LogP contribution in [-0.2, 0) is 9.53 Å². The first-order chi connectivity index (χ1) is 15.5. The lowest BCUT2D eigenvalue weighted by Crippen LogP contribution is -2.25. The van der Waals surface area contributed by atoms with Crippen molar-refractivity contribution in [2.75, 3.05) is 11.5 Å². The standard InChI is InChI=1S/C26H19Cl2NO3/c1-2-32-26(31)19-13-11-17(12-14-19)15-20-16-23(18-7-4-3-5-8-18)29(25(20)30)22-10-6-9-21(27)24(22)28/h3-16H,2H2,1H3/b20-15+. The number of amides is 1. The Balaban J connectivity index is 1.75. The molecule has 1 aliphatic rings. The lowest BCUT2D eigenvalue weighted by molar-refractivity contribution is -0.113. The molecule has 0 N–H and O–H groups in total. The Bertz CT molecular complexity index is 1230. The van der Waals surface area contributed by atoms with E-state index in [4.69, 9.17) is 27.9 Å². The van der Waals surface area contributed by atoms with Crippen molar-refractivity contribution in [1.29, 1.82) is 0 Å². The SMILES string of the molecule is CCOC(=O)c1ccc(/C=C2\C=C(c3ccccc3)N(c3cccc(Cl)c3Cl)C2=O)cc1. The first-order valence-electron chi connectivity index (χ1n) is 10.0. The normalized spacial score (nSPS) is 14.6. The second kappa shape index (κ2) is 9.43. The number of benzene rings is 3. The Kier molecular flexibility index (Phi) is 6.45. The minimum atomic E-state index is -0.378. The number of carbonyl (C=O) groups is 2. The average Bonchev–Trinajstić information content (AvgIpc) is 3.13. The van der Waals surface area contributed by atoms with Crippen LogP contribution in [0.4, 0.5) is 5.69 Å². The number of carbonyl (C=O) groups excluding carboxylic acids is 2. The third-order valence-electron chi connectivity index (χ3n) is 4.97. The highest BCUT2D eigenvalue weighted by atomic mass is 35.5. The van der Waals surface area contributed by atoms with Gasteiger partial charge in [0.1, 0.15) is 0 Å². The van der Waals surface area contributed by atoms with Crippen molar-refractivity contribution in [1.82, 2.24) is 0 Å². The van der Waals surface area contributed by atoms with Crippen LogP contribution in [0.5, 0.6) is 0 Å². The van der Waals surface area contributed by atoms with Crippen LogP contribution in [0, 0.1) is 0 Å². The maximum Gasteiger partial charge on any atom is 0.338 e. The van der Waals surface area contributed by atoms with Crippen molar-refractivity contribution in [2.45, 2.75) is 6.92 Å². The van der Waals surface area contributed by atoms with Gasteiger partial charge in [-0.1, -0.05) is 71.7 Å². The molecule has 0 radical (unpaired) electrons. The summed E-state index contributed by atoms with van der Waals surface area (Å²) in [5.41, 5.74) is 3.82. The summed E-state index contributed by atoms with van der Waals surface area (Å²) in [4.78, 5) is 26.9. The van der Waals surface area contributed by atoms with Crippen LogP contribution in [0.1, 0.15) is 28.4 Å². The van der Waals surface area contributed by atoms with Gasteiger partial charge in [0.25, 0.3) is 5.91 Å². The Morgan fingerprint density at radius 1 is 0.969 bits per heavy atom. The molecule has 0 bridgehead atoms. The van der Waals surface area contributed by atoms with Crippen molar-refractivity contribution in [2.24, 2.45) is 0 Å². The van der Waals surface area contributed by atoms with E-state index in [1.165, 1.54) is 0 Å². The molecule has 0 atom stereocenters. The fourth-order valence-electron chi connectivity index (χ4n) is 3.45. The van der Waals surface area contributed by atoms with E-state index in [9.17, 15) is 9.59 Å². The van der Waals surface area contributed by atoms with Crippen molar-refractivity contribution >= 4 is 52.5 Å². The Morgan fingerprint density at radius 2 is 1.69 bits per heavy atom. The maximum atomic E-state index is 13.4. The molecule has 1 aliphatic heterocycles. The first kappa shape index (κ1) is 21.9. The third kappa shape index (κ3) is 4.33. The lowest BCUT2D eigenvalue weighted by Gasteiger charge is -2.22. The van der Waals surface area contributed by atoms with Gasteiger partial charge in [-0.25, -0.2) is 4.79 Å². The highest BCUT2D eigenvalue weighted by molar-refractivity contribution is 6.44. The van der Waals surface area contributed by atoms with E-state index >= 15 is 0 Å². The Labute approximate surface area is 196 Å². The molecule has 160 valence electrons. The van der Waals surface area contributed by atoms with Gasteiger partial charge >= 0.3 is 5.97 Å². The van der Waals surface area contributed by atoms with Gasteiger partial charge in [0, 0.05) is 5.57 Å². The van der Waals surface area contributed by atoms with Crippen LogP contribution >= 0.6 is 23.2 Å². The van der Waals surface area contributed by atoms with E-state index in [1.54, 1.807) is 60.4 Å². The summed E-state index contributed by atoms with van der Waals surface area (Å²) in [6.45, 7) is 2.07. The molecule has 4 rings (SSSR count). The van der Waals surface area contributed by atoms with Gasteiger partial charge in [0.15, 0.2) is 0 Å². The van der Waals surface area contributed by atoms with Gasteiger partial charge in [-0.05, 0) is 54.5 Å². The minimum absolute atomic E-state index is 0.220. The quantitative estimate of drug-likeness (QED) is 0.314. The molecule has 4 nitrogen and oxygen atoms in total. The summed E-state index contributed by atoms with van der Waals surface area (Å²) in [5, 5.41) is 0.681. The zero-order valence-corrected chi connectivity index (χ0v) is 18.7. The van der Waals surface area contributed by atoms with Gasteiger partial charge in [0.2, 0.25) is 0 Å². The van der Waals surface area contributed by atoms with Crippen LogP contribution in [0.2, 0.25) is 10.0 Å². The summed E-state index contributed by atoms with van der Waals surface area (Å²) >= 11 is 12.7. The predicted molar refractivity (Wildman–Crippen MR) is 129 cm³/mol. The maximum absolute atomic E-state index is 13.4. The minimum Gasteiger partial charge on any atom is -0.462 e. The molecule has 1 amide bonds. The van der Waals surface area contributed by atoms with E-state index in [0.29, 0.717) is 39.2 Å². The Hall–Kier alpha value is -3.34. The highest BCUT2D eigenvalue weighted by Gasteiger charge is 2.32. The van der Waals surface area contributed by atoms with Gasteiger partial charge in [-0.3, -0.25) is 9.69 Å². The smallest absolute Gasteiger partial charge is 0.338 e.